The van der Waals surface area contributed by atoms with E-state index in [0.29, 0.717) is 30.1 Å². The van der Waals surface area contributed by atoms with Gasteiger partial charge in [0.05, 0.1) is 23.4 Å². The number of pyridine rings is 1. The number of carbonyl (C=O) groups is 1. The molecule has 1 aliphatic rings. The fourth-order valence-corrected chi connectivity index (χ4v) is 3.54. The molecule has 1 saturated heterocycles. The van der Waals surface area contributed by atoms with E-state index in [2.05, 4.69) is 16.9 Å². The van der Waals surface area contributed by atoms with E-state index >= 15 is 0 Å². The van der Waals surface area contributed by atoms with Crippen molar-refractivity contribution in [1.82, 2.24) is 14.8 Å². The van der Waals surface area contributed by atoms with Crippen LogP contribution in [0.4, 0.5) is 0 Å². The molecule has 2 N–H and O–H groups in total. The molecule has 0 aliphatic carbocycles. The van der Waals surface area contributed by atoms with E-state index in [1.807, 2.05) is 47.4 Å². The third kappa shape index (κ3) is 4.15. The van der Waals surface area contributed by atoms with Gasteiger partial charge in [0.2, 0.25) is 0 Å². The minimum absolute atomic E-state index is 0. The molecular weight excluding hydrogens is 399 g/mol. The molecule has 3 aromatic rings. The quantitative estimate of drug-likeness (QED) is 0.701. The highest BCUT2D eigenvalue weighted by Gasteiger charge is 2.30. The fourth-order valence-electron chi connectivity index (χ4n) is 3.54. The van der Waals surface area contributed by atoms with Crippen LogP contribution in [0.2, 0.25) is 0 Å². The second kappa shape index (κ2) is 9.39. The Kier molecular flexibility index (Phi) is 7.43. The molecular formula is C20H24Cl2N4O2. The van der Waals surface area contributed by atoms with E-state index in [1.165, 1.54) is 0 Å². The summed E-state index contributed by atoms with van der Waals surface area (Å²) in [6, 6.07) is 13.2. The molecule has 8 heteroatoms. The first-order valence-electron chi connectivity index (χ1n) is 8.80. The van der Waals surface area contributed by atoms with Gasteiger partial charge in [0.15, 0.2) is 5.76 Å². The number of hydrogen-bond donors (Lipinski definition) is 1. The van der Waals surface area contributed by atoms with Crippen LogP contribution in [0.25, 0.3) is 22.4 Å². The van der Waals surface area contributed by atoms with E-state index in [9.17, 15) is 4.79 Å². The molecule has 0 saturated carbocycles. The van der Waals surface area contributed by atoms with Gasteiger partial charge in [-0.1, -0.05) is 18.2 Å². The molecule has 1 aromatic carbocycles. The summed E-state index contributed by atoms with van der Waals surface area (Å²) in [4.78, 5) is 22.2. The Morgan fingerprint density at radius 2 is 2.00 bits per heavy atom. The van der Waals surface area contributed by atoms with Gasteiger partial charge in [0.25, 0.3) is 5.91 Å². The van der Waals surface area contributed by atoms with Crippen LogP contribution in [-0.4, -0.2) is 60.0 Å². The number of hydrogen-bond acceptors (Lipinski definition) is 5. The summed E-state index contributed by atoms with van der Waals surface area (Å²) < 4.78 is 5.49. The van der Waals surface area contributed by atoms with E-state index in [4.69, 9.17) is 10.2 Å². The molecule has 28 heavy (non-hydrogen) atoms. The number of halogens is 2. The molecule has 150 valence electrons. The van der Waals surface area contributed by atoms with Crippen molar-refractivity contribution in [3.8, 4) is 11.5 Å². The number of furan rings is 1. The van der Waals surface area contributed by atoms with E-state index in [1.54, 1.807) is 6.26 Å². The van der Waals surface area contributed by atoms with Crippen LogP contribution < -0.4 is 5.73 Å². The van der Waals surface area contributed by atoms with E-state index in [0.717, 1.165) is 24.0 Å². The number of amides is 1. The van der Waals surface area contributed by atoms with Crippen LogP contribution in [0, 0.1) is 0 Å². The highest BCUT2D eigenvalue weighted by molar-refractivity contribution is 6.07. The number of rotatable bonds is 3. The third-order valence-electron chi connectivity index (χ3n) is 4.94. The van der Waals surface area contributed by atoms with Gasteiger partial charge in [0.1, 0.15) is 5.69 Å². The summed E-state index contributed by atoms with van der Waals surface area (Å²) in [6.07, 6.45) is 1.61. The zero-order valence-corrected chi connectivity index (χ0v) is 17.2. The first-order chi connectivity index (χ1) is 12.7. The lowest BCUT2D eigenvalue weighted by Crippen LogP contribution is -2.56. The molecule has 4 rings (SSSR count). The normalized spacial score (nSPS) is 17.1. The van der Waals surface area contributed by atoms with Gasteiger partial charge in [-0.05, 0) is 31.3 Å². The van der Waals surface area contributed by atoms with Gasteiger partial charge in [-0.3, -0.25) is 4.79 Å². The number of nitrogens with two attached hydrogens (primary N) is 1. The first kappa shape index (κ1) is 22.2. The van der Waals surface area contributed by atoms with Crippen LogP contribution in [-0.2, 0) is 0 Å². The first-order valence-corrected chi connectivity index (χ1v) is 8.80. The van der Waals surface area contributed by atoms with Crippen molar-refractivity contribution in [3.63, 3.8) is 0 Å². The lowest BCUT2D eigenvalue weighted by atomic mass is 10.0. The molecule has 3 heterocycles. The summed E-state index contributed by atoms with van der Waals surface area (Å²) in [6.45, 7) is 2.75. The number of nitrogens with zero attached hydrogens (tertiary/aromatic N) is 3. The minimum atomic E-state index is -0.0000406. The smallest absolute Gasteiger partial charge is 0.255 e. The number of piperazine rings is 1. The number of para-hydroxylation sites is 1. The molecule has 0 bridgehead atoms. The Balaban J connectivity index is 0.00000140. The van der Waals surface area contributed by atoms with Crippen LogP contribution >= 0.6 is 24.8 Å². The molecule has 6 nitrogen and oxygen atoms in total. The van der Waals surface area contributed by atoms with Gasteiger partial charge >= 0.3 is 0 Å². The lowest BCUT2D eigenvalue weighted by Gasteiger charge is -2.39. The summed E-state index contributed by atoms with van der Waals surface area (Å²) >= 11 is 0. The standard InChI is InChI=1S/C20H22N4O2.2ClH/c1-23-8-9-24(14(12-21)13-23)20(25)16-11-18(19-7-4-10-26-19)22-17-6-3-2-5-15(16)17;;/h2-7,10-11,14H,8-9,12-13,21H2,1H3;2*1H. The van der Waals surface area contributed by atoms with Gasteiger partial charge in [-0.25, -0.2) is 4.98 Å². The Morgan fingerprint density at radius 1 is 1.21 bits per heavy atom. The van der Waals surface area contributed by atoms with Crippen LogP contribution in [0.15, 0.2) is 53.1 Å². The highest BCUT2D eigenvalue weighted by Crippen LogP contribution is 2.27. The van der Waals surface area contributed by atoms with E-state index < -0.39 is 0 Å². The zero-order chi connectivity index (χ0) is 18.1. The predicted molar refractivity (Wildman–Crippen MR) is 115 cm³/mol. The van der Waals surface area contributed by atoms with Gasteiger partial charge < -0.3 is 20.0 Å². The third-order valence-corrected chi connectivity index (χ3v) is 4.94. The molecule has 1 amide bonds. The Morgan fingerprint density at radius 3 is 2.71 bits per heavy atom. The van der Waals surface area contributed by atoms with Crippen molar-refractivity contribution in [2.24, 2.45) is 5.73 Å². The second-order valence-corrected chi connectivity index (χ2v) is 6.70. The van der Waals surface area contributed by atoms with Crippen molar-refractivity contribution < 1.29 is 9.21 Å². The minimum Gasteiger partial charge on any atom is -0.463 e. The van der Waals surface area contributed by atoms with Gasteiger partial charge in [-0.2, -0.15) is 0 Å². The number of carbonyl (C=O) groups excluding carboxylic acids is 1. The Bertz CT molecular complexity index is 933. The molecule has 1 aliphatic heterocycles. The van der Waals surface area contributed by atoms with E-state index in [-0.39, 0.29) is 36.8 Å². The molecule has 2 aromatic heterocycles. The lowest BCUT2D eigenvalue weighted by molar-refractivity contribution is 0.0518. The fraction of sp³-hybridized carbons (Fsp3) is 0.300. The monoisotopic (exact) mass is 422 g/mol. The summed E-state index contributed by atoms with van der Waals surface area (Å²) in [5.41, 5.74) is 8.03. The van der Waals surface area contributed by atoms with Crippen molar-refractivity contribution in [3.05, 3.63) is 54.3 Å². The maximum atomic E-state index is 13.4. The highest BCUT2D eigenvalue weighted by atomic mass is 35.5. The summed E-state index contributed by atoms with van der Waals surface area (Å²) in [5, 5.41) is 0.850. The number of benzene rings is 1. The maximum Gasteiger partial charge on any atom is 0.255 e. The van der Waals surface area contributed by atoms with Crippen molar-refractivity contribution in [1.29, 1.82) is 0 Å². The van der Waals surface area contributed by atoms with Crippen molar-refractivity contribution >= 4 is 41.6 Å². The Labute approximate surface area is 176 Å². The topological polar surface area (TPSA) is 75.6 Å². The van der Waals surface area contributed by atoms with Crippen molar-refractivity contribution in [2.75, 3.05) is 33.2 Å². The van der Waals surface area contributed by atoms with Crippen molar-refractivity contribution in [2.45, 2.75) is 6.04 Å². The SMILES string of the molecule is CN1CCN(C(=O)c2cc(-c3ccco3)nc3ccccc23)C(CN)C1.Cl.Cl. The number of aromatic nitrogens is 1. The zero-order valence-electron chi connectivity index (χ0n) is 15.6. The van der Waals surface area contributed by atoms with Gasteiger partial charge in [0, 0.05) is 31.6 Å². The summed E-state index contributed by atoms with van der Waals surface area (Å²) in [5.74, 6) is 0.651. The van der Waals surface area contributed by atoms with Crippen LogP contribution in [0.3, 0.4) is 0 Å². The molecule has 1 atom stereocenters. The number of fused-ring (bicyclic) bond motifs is 1. The average molecular weight is 423 g/mol. The van der Waals surface area contributed by atoms with Gasteiger partial charge in [-0.15, -0.1) is 24.8 Å². The molecule has 1 fully saturated rings. The molecule has 1 unspecified atom stereocenters. The average Bonchev–Trinajstić information content (AvgIpc) is 3.21. The van der Waals surface area contributed by atoms with Crippen LogP contribution in [0.1, 0.15) is 10.4 Å². The van der Waals surface area contributed by atoms with Crippen LogP contribution in [0.5, 0.6) is 0 Å². The largest absolute Gasteiger partial charge is 0.463 e. The molecule has 0 radical (unpaired) electrons. The maximum absolute atomic E-state index is 13.4. The predicted octanol–water partition coefficient (Wildman–Crippen LogP) is 3.05. The Hall–Kier alpha value is -2.12. The second-order valence-electron chi connectivity index (χ2n) is 6.70. The summed E-state index contributed by atoms with van der Waals surface area (Å²) in [7, 11) is 2.06. The number of likely N-dealkylation sites (N-methyl/N-ethyl adjacent to an activating group) is 1. The molecule has 0 spiro atoms.